The molecule has 0 saturated heterocycles. The zero-order valence-electron chi connectivity index (χ0n) is 13.0. The third-order valence-electron chi connectivity index (χ3n) is 3.38. The van der Waals surface area contributed by atoms with E-state index in [0.717, 1.165) is 18.4 Å². The van der Waals surface area contributed by atoms with Crippen LogP contribution in [0.25, 0.3) is 0 Å². The maximum atomic E-state index is 11.4. The van der Waals surface area contributed by atoms with Crippen molar-refractivity contribution < 1.29 is 9.90 Å². The lowest BCUT2D eigenvalue weighted by Crippen LogP contribution is -2.38. The van der Waals surface area contributed by atoms with Gasteiger partial charge in [0.05, 0.1) is 5.60 Å². The van der Waals surface area contributed by atoms with Gasteiger partial charge in [-0.2, -0.15) is 0 Å². The molecule has 0 aliphatic heterocycles. The summed E-state index contributed by atoms with van der Waals surface area (Å²) >= 11 is 0. The summed E-state index contributed by atoms with van der Waals surface area (Å²) in [6.45, 7) is 16.0. The largest absolute Gasteiger partial charge is 0.385 e. The Kier molecular flexibility index (Phi) is 6.28. The maximum Gasteiger partial charge on any atom is 0.133 e. The van der Waals surface area contributed by atoms with Gasteiger partial charge in [-0.15, -0.1) is 0 Å². The van der Waals surface area contributed by atoms with E-state index >= 15 is 0 Å². The van der Waals surface area contributed by atoms with Gasteiger partial charge >= 0.3 is 0 Å². The Hall–Kier alpha value is -0.630. The van der Waals surface area contributed by atoms with Crippen LogP contribution in [0.3, 0.4) is 0 Å². The van der Waals surface area contributed by atoms with Crippen LogP contribution in [0.4, 0.5) is 0 Å². The Morgan fingerprint density at radius 3 is 2.11 bits per heavy atom. The Balaban J connectivity index is 4.83. The van der Waals surface area contributed by atoms with E-state index in [-0.39, 0.29) is 17.6 Å². The highest BCUT2D eigenvalue weighted by Gasteiger charge is 2.37. The molecule has 0 fully saturated rings. The van der Waals surface area contributed by atoms with Crippen molar-refractivity contribution in [1.29, 1.82) is 0 Å². The van der Waals surface area contributed by atoms with Crippen LogP contribution in [0.1, 0.15) is 67.2 Å². The molecular formula is C16H30O2. The first-order valence-corrected chi connectivity index (χ1v) is 6.90. The third kappa shape index (κ3) is 5.81. The molecule has 1 atom stereocenters. The number of rotatable bonds is 7. The van der Waals surface area contributed by atoms with E-state index < -0.39 is 5.60 Å². The van der Waals surface area contributed by atoms with Gasteiger partial charge in [-0.1, -0.05) is 47.6 Å². The lowest BCUT2D eigenvalue weighted by molar-refractivity contribution is -0.121. The summed E-state index contributed by atoms with van der Waals surface area (Å²) in [4.78, 5) is 11.4. The fraction of sp³-hybridized carbons (Fsp3) is 0.812. The minimum absolute atomic E-state index is 0.0208. The van der Waals surface area contributed by atoms with Gasteiger partial charge in [0, 0.05) is 6.42 Å². The predicted octanol–water partition coefficient (Wildman–Crippen LogP) is 4.13. The monoisotopic (exact) mass is 254 g/mol. The molecule has 0 aliphatic carbocycles. The molecule has 0 aliphatic rings. The highest BCUT2D eigenvalue weighted by atomic mass is 16.3. The molecule has 0 unspecified atom stereocenters. The highest BCUT2D eigenvalue weighted by Crippen LogP contribution is 2.38. The van der Waals surface area contributed by atoms with E-state index in [2.05, 4.69) is 20.4 Å². The van der Waals surface area contributed by atoms with Crippen LogP contribution in [-0.4, -0.2) is 16.5 Å². The van der Waals surface area contributed by atoms with Crippen molar-refractivity contribution in [3.63, 3.8) is 0 Å². The second kappa shape index (κ2) is 6.51. The average molecular weight is 254 g/mol. The van der Waals surface area contributed by atoms with Crippen LogP contribution < -0.4 is 0 Å². The Morgan fingerprint density at radius 2 is 1.78 bits per heavy atom. The fourth-order valence-corrected chi connectivity index (χ4v) is 2.26. The summed E-state index contributed by atoms with van der Waals surface area (Å²) in [7, 11) is 0. The van der Waals surface area contributed by atoms with Crippen LogP contribution in [0.5, 0.6) is 0 Å². The molecule has 2 nitrogen and oxygen atoms in total. The number of ketones is 1. The maximum absolute atomic E-state index is 11.4. The summed E-state index contributed by atoms with van der Waals surface area (Å²) in [6, 6.07) is 0. The first-order chi connectivity index (χ1) is 7.99. The summed E-state index contributed by atoms with van der Waals surface area (Å²) in [5.74, 6) is 0.641. The standard InChI is InChI=1S/C16H30O2/c1-12(2)9-8-10-16(18,11-13(3)17)14(4)15(5,6)7/h12,18H,4,8-11H2,1-3,5-7H3/t16-/m1/s1. The van der Waals surface area contributed by atoms with Crippen molar-refractivity contribution in [1.82, 2.24) is 0 Å². The number of hydrogen-bond acceptors (Lipinski definition) is 2. The van der Waals surface area contributed by atoms with Gasteiger partial charge in [0.1, 0.15) is 5.78 Å². The minimum Gasteiger partial charge on any atom is -0.385 e. The normalized spacial score (nSPS) is 15.6. The van der Waals surface area contributed by atoms with Crippen LogP contribution in [0, 0.1) is 11.3 Å². The van der Waals surface area contributed by atoms with Gasteiger partial charge in [0.2, 0.25) is 0 Å². The van der Waals surface area contributed by atoms with E-state index in [4.69, 9.17) is 0 Å². The predicted molar refractivity (Wildman–Crippen MR) is 77.5 cm³/mol. The van der Waals surface area contributed by atoms with Crippen LogP contribution in [-0.2, 0) is 4.79 Å². The van der Waals surface area contributed by atoms with E-state index in [0.29, 0.717) is 12.3 Å². The zero-order valence-corrected chi connectivity index (χ0v) is 13.0. The second-order valence-electron chi connectivity index (χ2n) is 6.93. The number of carbonyl (C=O) groups is 1. The van der Waals surface area contributed by atoms with Crippen molar-refractivity contribution in [2.75, 3.05) is 0 Å². The van der Waals surface area contributed by atoms with E-state index in [9.17, 15) is 9.90 Å². The Morgan fingerprint density at radius 1 is 1.28 bits per heavy atom. The highest BCUT2D eigenvalue weighted by molar-refractivity contribution is 5.77. The first-order valence-electron chi connectivity index (χ1n) is 6.90. The molecular weight excluding hydrogens is 224 g/mol. The number of aliphatic hydroxyl groups is 1. The lowest BCUT2D eigenvalue weighted by atomic mass is 9.72. The quantitative estimate of drug-likeness (QED) is 0.694. The Labute approximate surface area is 112 Å². The van der Waals surface area contributed by atoms with Gasteiger partial charge < -0.3 is 5.11 Å². The minimum atomic E-state index is -1.04. The lowest BCUT2D eigenvalue weighted by Gasteiger charge is -2.37. The molecule has 0 aromatic heterocycles. The number of hydrogen-bond donors (Lipinski definition) is 1. The zero-order chi connectivity index (χ0) is 14.6. The van der Waals surface area contributed by atoms with Gasteiger partial charge in [-0.05, 0) is 36.7 Å². The molecule has 2 heteroatoms. The SMILES string of the molecule is C=C(C(C)(C)C)[C@@](O)(CCCC(C)C)CC(C)=O. The van der Waals surface area contributed by atoms with Crippen molar-refractivity contribution >= 4 is 5.78 Å². The molecule has 106 valence electrons. The molecule has 0 heterocycles. The first kappa shape index (κ1) is 17.4. The van der Waals surface area contributed by atoms with Gasteiger partial charge in [0.15, 0.2) is 0 Å². The van der Waals surface area contributed by atoms with Crippen LogP contribution in [0.15, 0.2) is 12.2 Å². The fourth-order valence-electron chi connectivity index (χ4n) is 2.26. The molecule has 0 aromatic rings. The van der Waals surface area contributed by atoms with Crippen molar-refractivity contribution in [3.05, 3.63) is 12.2 Å². The van der Waals surface area contributed by atoms with E-state index in [1.165, 1.54) is 6.92 Å². The summed E-state index contributed by atoms with van der Waals surface area (Å²) in [5.41, 5.74) is -0.449. The summed E-state index contributed by atoms with van der Waals surface area (Å²) < 4.78 is 0. The molecule has 0 radical (unpaired) electrons. The molecule has 1 N–H and O–H groups in total. The number of Topliss-reactive ketones (excluding diaryl/α,β-unsaturated/α-hetero) is 1. The van der Waals surface area contributed by atoms with Gasteiger partial charge in [0.25, 0.3) is 0 Å². The third-order valence-corrected chi connectivity index (χ3v) is 3.38. The second-order valence-corrected chi connectivity index (χ2v) is 6.93. The number of carbonyl (C=O) groups excluding carboxylic acids is 1. The summed E-state index contributed by atoms with van der Waals surface area (Å²) in [6.07, 6.45) is 2.80. The molecule has 0 amide bonds. The van der Waals surface area contributed by atoms with E-state index in [1.807, 2.05) is 20.8 Å². The average Bonchev–Trinajstić information content (AvgIpc) is 2.13. The van der Waals surface area contributed by atoms with Crippen LogP contribution in [0.2, 0.25) is 0 Å². The van der Waals surface area contributed by atoms with Gasteiger partial charge in [-0.3, -0.25) is 4.79 Å². The van der Waals surface area contributed by atoms with Crippen molar-refractivity contribution in [2.45, 2.75) is 72.8 Å². The topological polar surface area (TPSA) is 37.3 Å². The van der Waals surface area contributed by atoms with Gasteiger partial charge in [-0.25, -0.2) is 0 Å². The Bertz CT molecular complexity index is 297. The molecule has 0 saturated carbocycles. The molecule has 0 rings (SSSR count). The smallest absolute Gasteiger partial charge is 0.133 e. The van der Waals surface area contributed by atoms with Crippen molar-refractivity contribution in [3.8, 4) is 0 Å². The molecule has 0 spiro atoms. The molecule has 0 bridgehead atoms. The molecule has 18 heavy (non-hydrogen) atoms. The van der Waals surface area contributed by atoms with E-state index in [1.54, 1.807) is 0 Å². The molecule has 0 aromatic carbocycles. The van der Waals surface area contributed by atoms with Crippen molar-refractivity contribution in [2.24, 2.45) is 11.3 Å². The summed E-state index contributed by atoms with van der Waals surface area (Å²) in [5, 5.41) is 10.8. The van der Waals surface area contributed by atoms with Crippen LogP contribution >= 0.6 is 0 Å².